The van der Waals surface area contributed by atoms with Crippen LogP contribution < -0.4 is 5.48 Å². The number of carbonyl (C=O) groups is 1. The van der Waals surface area contributed by atoms with E-state index in [1.807, 2.05) is 36.4 Å². The monoisotopic (exact) mass is 259 g/mol. The highest BCUT2D eigenvalue weighted by molar-refractivity contribution is 5.76. The first-order chi connectivity index (χ1) is 9.27. The predicted octanol–water partition coefficient (Wildman–Crippen LogP) is 3.71. The number of allylic oxidation sites excluding steroid dienone is 1. The van der Waals surface area contributed by atoms with Gasteiger partial charge in [0, 0.05) is 6.42 Å². The molecule has 0 aliphatic rings. The third-order valence-electron chi connectivity index (χ3n) is 2.69. The largest absolute Gasteiger partial charge is 0.272 e. The van der Waals surface area contributed by atoms with Crippen molar-refractivity contribution >= 4 is 5.91 Å². The highest BCUT2D eigenvalue weighted by atomic mass is 16.7. The number of hydroxylamine groups is 1. The molecule has 0 bridgehead atoms. The Bertz CT molecular complexity index is 400. The molecule has 19 heavy (non-hydrogen) atoms. The topological polar surface area (TPSA) is 38.3 Å². The molecule has 0 radical (unpaired) electrons. The zero-order valence-electron chi connectivity index (χ0n) is 11.2. The maximum Gasteiger partial charge on any atom is 0.247 e. The average molecular weight is 259 g/mol. The van der Waals surface area contributed by atoms with Gasteiger partial charge in [0.1, 0.15) is 6.10 Å². The van der Waals surface area contributed by atoms with Crippen LogP contribution >= 0.6 is 0 Å². The zero-order valence-corrected chi connectivity index (χ0v) is 11.2. The van der Waals surface area contributed by atoms with Gasteiger partial charge in [0.15, 0.2) is 0 Å². The quantitative estimate of drug-likeness (QED) is 0.417. The van der Waals surface area contributed by atoms with E-state index in [1.54, 1.807) is 6.08 Å². The smallest absolute Gasteiger partial charge is 0.247 e. The summed E-state index contributed by atoms with van der Waals surface area (Å²) in [4.78, 5) is 16.9. The lowest BCUT2D eigenvalue weighted by Gasteiger charge is -2.17. The van der Waals surface area contributed by atoms with Crippen LogP contribution in [-0.2, 0) is 9.63 Å². The summed E-state index contributed by atoms with van der Waals surface area (Å²) in [5.74, 6) is -0.181. The van der Waals surface area contributed by atoms with E-state index in [0.717, 1.165) is 24.8 Å². The van der Waals surface area contributed by atoms with Crippen LogP contribution in [0.15, 0.2) is 55.6 Å². The fourth-order valence-electron chi connectivity index (χ4n) is 1.72. The molecule has 1 amide bonds. The minimum atomic E-state index is -0.181. The van der Waals surface area contributed by atoms with Gasteiger partial charge >= 0.3 is 0 Å². The van der Waals surface area contributed by atoms with Crippen molar-refractivity contribution in [3.63, 3.8) is 0 Å². The summed E-state index contributed by atoms with van der Waals surface area (Å²) in [5.41, 5.74) is 3.53. The van der Waals surface area contributed by atoms with Gasteiger partial charge in [0.2, 0.25) is 5.91 Å². The molecule has 1 aromatic rings. The van der Waals surface area contributed by atoms with Crippen molar-refractivity contribution in [3.8, 4) is 0 Å². The Morgan fingerprint density at radius 1 is 1.26 bits per heavy atom. The molecule has 0 heterocycles. The Balaban J connectivity index is 2.56. The number of amides is 1. The summed E-state index contributed by atoms with van der Waals surface area (Å²) < 4.78 is 0. The van der Waals surface area contributed by atoms with Crippen molar-refractivity contribution in [2.24, 2.45) is 0 Å². The molecule has 1 aromatic carbocycles. The molecule has 102 valence electrons. The lowest BCUT2D eigenvalue weighted by molar-refractivity contribution is -0.138. The Hall–Kier alpha value is -1.87. The third-order valence-corrected chi connectivity index (χ3v) is 2.69. The summed E-state index contributed by atoms with van der Waals surface area (Å²) in [6.07, 6.45) is 6.31. The zero-order chi connectivity index (χ0) is 13.9. The molecule has 1 unspecified atom stereocenters. The number of unbranched alkanes of at least 4 members (excludes halogenated alkanes) is 1. The molecule has 0 spiro atoms. The molecule has 0 saturated carbocycles. The number of hydrogen-bond acceptors (Lipinski definition) is 2. The lowest BCUT2D eigenvalue weighted by atomic mass is 10.0. The second-order valence-corrected chi connectivity index (χ2v) is 4.25. The van der Waals surface area contributed by atoms with Crippen molar-refractivity contribution in [2.75, 3.05) is 0 Å². The van der Waals surface area contributed by atoms with Crippen molar-refractivity contribution < 1.29 is 9.63 Å². The number of hydrogen-bond donors (Lipinski definition) is 1. The second kappa shape index (κ2) is 9.11. The SMILES string of the molecule is C=CCCCC(ONC(=O)CC=C)c1ccccc1. The molecule has 1 rings (SSSR count). The predicted molar refractivity (Wildman–Crippen MR) is 77.3 cm³/mol. The van der Waals surface area contributed by atoms with Crippen LogP contribution in [0.3, 0.4) is 0 Å². The van der Waals surface area contributed by atoms with E-state index in [2.05, 4.69) is 18.6 Å². The highest BCUT2D eigenvalue weighted by Gasteiger charge is 2.13. The van der Waals surface area contributed by atoms with Crippen molar-refractivity contribution in [2.45, 2.75) is 31.8 Å². The Kier molecular flexibility index (Phi) is 7.28. The molecule has 1 atom stereocenters. The molecule has 0 aliphatic heterocycles. The maximum absolute atomic E-state index is 11.4. The third kappa shape index (κ3) is 6.02. The van der Waals surface area contributed by atoms with Crippen LogP contribution in [0.5, 0.6) is 0 Å². The second-order valence-electron chi connectivity index (χ2n) is 4.25. The molecule has 3 nitrogen and oxygen atoms in total. The molecular weight excluding hydrogens is 238 g/mol. The van der Waals surface area contributed by atoms with Crippen LogP contribution in [0.2, 0.25) is 0 Å². The van der Waals surface area contributed by atoms with Gasteiger partial charge < -0.3 is 0 Å². The van der Waals surface area contributed by atoms with E-state index >= 15 is 0 Å². The molecular formula is C16H21NO2. The van der Waals surface area contributed by atoms with E-state index in [9.17, 15) is 4.79 Å². The van der Waals surface area contributed by atoms with Gasteiger partial charge in [0.05, 0.1) is 0 Å². The Morgan fingerprint density at radius 2 is 2.00 bits per heavy atom. The highest BCUT2D eigenvalue weighted by Crippen LogP contribution is 2.22. The van der Waals surface area contributed by atoms with Gasteiger partial charge in [0.25, 0.3) is 0 Å². The van der Waals surface area contributed by atoms with Gasteiger partial charge in [-0.15, -0.1) is 13.2 Å². The molecule has 0 aliphatic carbocycles. The minimum absolute atomic E-state index is 0.130. The van der Waals surface area contributed by atoms with E-state index in [-0.39, 0.29) is 18.4 Å². The number of carbonyl (C=O) groups excluding carboxylic acids is 1. The summed E-state index contributed by atoms with van der Waals surface area (Å²) in [5, 5.41) is 0. The summed E-state index contributed by atoms with van der Waals surface area (Å²) in [6, 6.07) is 9.88. The number of nitrogens with one attached hydrogen (secondary N) is 1. The fraction of sp³-hybridized carbons (Fsp3) is 0.312. The molecule has 0 fully saturated rings. The Morgan fingerprint density at radius 3 is 2.63 bits per heavy atom. The van der Waals surface area contributed by atoms with Gasteiger partial charge in [-0.05, 0) is 24.8 Å². The molecule has 3 heteroatoms. The van der Waals surface area contributed by atoms with E-state index < -0.39 is 0 Å². The summed E-state index contributed by atoms with van der Waals surface area (Å²) in [7, 11) is 0. The first kappa shape index (κ1) is 15.2. The molecule has 1 N–H and O–H groups in total. The van der Waals surface area contributed by atoms with Crippen molar-refractivity contribution in [3.05, 3.63) is 61.2 Å². The van der Waals surface area contributed by atoms with Crippen molar-refractivity contribution in [1.29, 1.82) is 0 Å². The van der Waals surface area contributed by atoms with Crippen molar-refractivity contribution in [1.82, 2.24) is 5.48 Å². The fourth-order valence-corrected chi connectivity index (χ4v) is 1.72. The first-order valence-electron chi connectivity index (χ1n) is 6.49. The van der Waals surface area contributed by atoms with E-state index in [0.29, 0.717) is 0 Å². The maximum atomic E-state index is 11.4. The van der Waals surface area contributed by atoms with E-state index in [1.165, 1.54) is 0 Å². The van der Waals surface area contributed by atoms with Crippen LogP contribution in [0.25, 0.3) is 0 Å². The molecule has 0 saturated heterocycles. The van der Waals surface area contributed by atoms with Gasteiger partial charge in [-0.1, -0.05) is 42.5 Å². The number of benzene rings is 1. The average Bonchev–Trinajstić information content (AvgIpc) is 2.44. The first-order valence-corrected chi connectivity index (χ1v) is 6.49. The van der Waals surface area contributed by atoms with Gasteiger partial charge in [-0.3, -0.25) is 9.63 Å². The molecule has 0 aromatic heterocycles. The van der Waals surface area contributed by atoms with Crippen LogP contribution in [-0.4, -0.2) is 5.91 Å². The van der Waals surface area contributed by atoms with Crippen LogP contribution in [0.4, 0.5) is 0 Å². The standard InChI is InChI=1S/C16H21NO2/c1-3-5-7-13-15(14-11-8-6-9-12-14)19-17-16(18)10-4-2/h3-4,6,8-9,11-12,15H,1-2,5,7,10,13H2,(H,17,18). The van der Waals surface area contributed by atoms with Crippen LogP contribution in [0.1, 0.15) is 37.4 Å². The van der Waals surface area contributed by atoms with Crippen LogP contribution in [0, 0.1) is 0 Å². The lowest BCUT2D eigenvalue weighted by Crippen LogP contribution is -2.25. The Labute approximate surface area is 114 Å². The summed E-state index contributed by atoms with van der Waals surface area (Å²) >= 11 is 0. The normalized spacial score (nSPS) is 11.6. The minimum Gasteiger partial charge on any atom is -0.272 e. The summed E-state index contributed by atoms with van der Waals surface area (Å²) in [6.45, 7) is 7.23. The van der Waals surface area contributed by atoms with Gasteiger partial charge in [-0.2, -0.15) is 0 Å². The number of rotatable bonds is 9. The van der Waals surface area contributed by atoms with Gasteiger partial charge in [-0.25, -0.2) is 5.48 Å². The van der Waals surface area contributed by atoms with E-state index in [4.69, 9.17) is 4.84 Å².